The van der Waals surface area contributed by atoms with E-state index in [9.17, 15) is 4.39 Å². The van der Waals surface area contributed by atoms with E-state index in [1.165, 1.54) is 12.4 Å². The molecule has 0 atom stereocenters. The Hall–Kier alpha value is -2.52. The monoisotopic (exact) mass is 431 g/mol. The summed E-state index contributed by atoms with van der Waals surface area (Å²) in [6.07, 6.45) is 1.48. The molecule has 2 heterocycles. The van der Waals surface area contributed by atoms with E-state index < -0.39 is 0 Å². The fourth-order valence-corrected chi connectivity index (χ4v) is 3.37. The maximum absolute atomic E-state index is 13.4. The lowest BCUT2D eigenvalue weighted by Gasteiger charge is -2.00. The molecule has 0 radical (unpaired) electrons. The average Bonchev–Trinajstić information content (AvgIpc) is 3.35. The van der Waals surface area contributed by atoms with E-state index in [-0.39, 0.29) is 5.82 Å². The van der Waals surface area contributed by atoms with E-state index in [2.05, 4.69) is 41.3 Å². The van der Waals surface area contributed by atoms with Crippen LogP contribution in [0.4, 0.5) is 4.39 Å². The lowest BCUT2D eigenvalue weighted by molar-refractivity contribution is 0.432. The van der Waals surface area contributed by atoms with Crippen LogP contribution in [0.1, 0.15) is 5.56 Å². The number of nitrogens with one attached hydrogen (secondary N) is 1. The van der Waals surface area contributed by atoms with Crippen LogP contribution in [0.15, 0.2) is 62.9 Å². The van der Waals surface area contributed by atoms with Gasteiger partial charge < -0.3 is 4.52 Å². The number of H-pyrrole nitrogens is 1. The summed E-state index contributed by atoms with van der Waals surface area (Å²) in [4.78, 5) is 8.46. The van der Waals surface area contributed by atoms with Gasteiger partial charge in [-0.15, -0.1) is 0 Å². The molecule has 0 aliphatic heterocycles. The lowest BCUT2D eigenvalue weighted by atomic mass is 10.1. The van der Waals surface area contributed by atoms with Crippen molar-refractivity contribution in [3.05, 3.63) is 64.6 Å². The Balaban J connectivity index is 1.49. The first-order chi connectivity index (χ1) is 12.7. The van der Waals surface area contributed by atoms with Gasteiger partial charge in [0.1, 0.15) is 12.1 Å². The third kappa shape index (κ3) is 3.68. The molecule has 26 heavy (non-hydrogen) atoms. The first-order valence-electron chi connectivity index (χ1n) is 7.55. The molecule has 2 aromatic heterocycles. The summed E-state index contributed by atoms with van der Waals surface area (Å²) in [6, 6.07) is 12.4. The fourth-order valence-electron chi connectivity index (χ4n) is 2.25. The first kappa shape index (κ1) is 16.9. The Labute approximate surface area is 160 Å². The Morgan fingerprint density at radius 3 is 2.65 bits per heavy atom. The smallest absolute Gasteiger partial charge is 0.258 e. The van der Waals surface area contributed by atoms with Crippen molar-refractivity contribution in [1.82, 2.24) is 25.3 Å². The van der Waals surface area contributed by atoms with Crippen LogP contribution in [-0.2, 0) is 5.75 Å². The summed E-state index contributed by atoms with van der Waals surface area (Å²) < 4.78 is 19.0. The number of halogens is 2. The second-order valence-electron chi connectivity index (χ2n) is 5.33. The highest BCUT2D eigenvalue weighted by Gasteiger charge is 2.12. The van der Waals surface area contributed by atoms with Crippen LogP contribution in [0.5, 0.6) is 0 Å². The molecular weight excluding hydrogens is 421 g/mol. The summed E-state index contributed by atoms with van der Waals surface area (Å²) in [5.74, 6) is 1.26. The summed E-state index contributed by atoms with van der Waals surface area (Å²) in [6.45, 7) is 0. The second-order valence-corrected chi connectivity index (χ2v) is 7.15. The molecule has 0 spiro atoms. The minimum absolute atomic E-state index is 0.337. The van der Waals surface area contributed by atoms with Gasteiger partial charge in [0, 0.05) is 16.9 Å². The molecule has 0 unspecified atom stereocenters. The second kappa shape index (κ2) is 7.38. The van der Waals surface area contributed by atoms with Crippen molar-refractivity contribution in [2.75, 3.05) is 0 Å². The predicted octanol–water partition coefficient (Wildman–Crippen LogP) is 4.72. The number of hydrogen-bond donors (Lipinski definition) is 1. The number of rotatable bonds is 5. The molecule has 1 N–H and O–H groups in total. The zero-order chi connectivity index (χ0) is 17.9. The SMILES string of the molecule is Fc1ccc(-c2noc(-c3ccc(CSc4ncn[nH]4)cc3)n2)cc1Br. The van der Waals surface area contributed by atoms with Crippen LogP contribution in [0.25, 0.3) is 22.8 Å². The molecule has 130 valence electrons. The molecule has 4 aromatic rings. The molecule has 4 rings (SSSR count). The number of hydrogen-bond acceptors (Lipinski definition) is 6. The molecule has 2 aromatic carbocycles. The van der Waals surface area contributed by atoms with Crippen molar-refractivity contribution in [2.24, 2.45) is 0 Å². The highest BCUT2D eigenvalue weighted by atomic mass is 79.9. The van der Waals surface area contributed by atoms with Crippen LogP contribution in [0, 0.1) is 5.82 Å². The largest absolute Gasteiger partial charge is 0.334 e. The highest BCUT2D eigenvalue weighted by Crippen LogP contribution is 2.26. The van der Waals surface area contributed by atoms with Gasteiger partial charge in [0.2, 0.25) is 5.82 Å². The number of aromatic nitrogens is 5. The van der Waals surface area contributed by atoms with Gasteiger partial charge in [0.25, 0.3) is 5.89 Å². The van der Waals surface area contributed by atoms with E-state index in [4.69, 9.17) is 4.52 Å². The van der Waals surface area contributed by atoms with E-state index in [0.29, 0.717) is 21.8 Å². The minimum Gasteiger partial charge on any atom is -0.334 e. The molecule has 0 fully saturated rings. The van der Waals surface area contributed by atoms with E-state index >= 15 is 0 Å². The highest BCUT2D eigenvalue weighted by molar-refractivity contribution is 9.10. The van der Waals surface area contributed by atoms with Crippen LogP contribution < -0.4 is 0 Å². The number of aromatic amines is 1. The van der Waals surface area contributed by atoms with Gasteiger partial charge in [-0.3, -0.25) is 5.10 Å². The predicted molar refractivity (Wildman–Crippen MR) is 98.8 cm³/mol. The minimum atomic E-state index is -0.337. The molecule has 0 aliphatic rings. The maximum Gasteiger partial charge on any atom is 0.258 e. The Morgan fingerprint density at radius 1 is 1.12 bits per heavy atom. The van der Waals surface area contributed by atoms with Crippen molar-refractivity contribution in [3.63, 3.8) is 0 Å². The zero-order valence-corrected chi connectivity index (χ0v) is 15.6. The molecule has 0 saturated carbocycles. The molecule has 0 bridgehead atoms. The van der Waals surface area contributed by atoms with Gasteiger partial charge in [-0.1, -0.05) is 29.1 Å². The first-order valence-corrected chi connectivity index (χ1v) is 9.33. The number of benzene rings is 2. The van der Waals surface area contributed by atoms with Crippen molar-refractivity contribution in [2.45, 2.75) is 10.9 Å². The van der Waals surface area contributed by atoms with Gasteiger partial charge in [-0.2, -0.15) is 10.1 Å². The van der Waals surface area contributed by atoms with Crippen LogP contribution >= 0.6 is 27.7 Å². The number of nitrogens with zero attached hydrogens (tertiary/aromatic N) is 4. The normalized spacial score (nSPS) is 11.0. The summed E-state index contributed by atoms with van der Waals surface area (Å²) in [5, 5.41) is 11.4. The summed E-state index contributed by atoms with van der Waals surface area (Å²) in [5.41, 5.74) is 2.63. The quantitative estimate of drug-likeness (QED) is 0.460. The molecule has 6 nitrogen and oxygen atoms in total. The van der Waals surface area contributed by atoms with Crippen molar-refractivity contribution < 1.29 is 8.91 Å². The van der Waals surface area contributed by atoms with Gasteiger partial charge in [-0.25, -0.2) is 9.37 Å². The van der Waals surface area contributed by atoms with Crippen molar-refractivity contribution >= 4 is 27.7 Å². The van der Waals surface area contributed by atoms with Crippen molar-refractivity contribution in [1.29, 1.82) is 0 Å². The molecule has 0 amide bonds. The van der Waals surface area contributed by atoms with Crippen molar-refractivity contribution in [3.8, 4) is 22.8 Å². The Bertz CT molecular complexity index is 1020. The van der Waals surface area contributed by atoms with E-state index in [1.807, 2.05) is 24.3 Å². The van der Waals surface area contributed by atoms with Crippen LogP contribution in [0.2, 0.25) is 0 Å². The summed E-state index contributed by atoms with van der Waals surface area (Å²) in [7, 11) is 0. The van der Waals surface area contributed by atoms with Gasteiger partial charge in [0.05, 0.1) is 4.47 Å². The summed E-state index contributed by atoms with van der Waals surface area (Å²) >= 11 is 4.73. The van der Waals surface area contributed by atoms with Crippen LogP contribution in [0.3, 0.4) is 0 Å². The Morgan fingerprint density at radius 2 is 1.92 bits per heavy atom. The third-order valence-corrected chi connectivity index (χ3v) is 5.13. The average molecular weight is 432 g/mol. The topological polar surface area (TPSA) is 80.5 Å². The zero-order valence-electron chi connectivity index (χ0n) is 13.2. The maximum atomic E-state index is 13.4. The fraction of sp³-hybridized carbons (Fsp3) is 0.0588. The van der Waals surface area contributed by atoms with Crippen LogP contribution in [-0.4, -0.2) is 25.3 Å². The molecule has 9 heteroatoms. The molecular formula is C17H11BrFN5OS. The standard InChI is InChI=1S/C17H11BrFN5OS/c18-13-7-12(5-6-14(13)19)15-22-16(25-24-15)11-3-1-10(2-4-11)8-26-17-20-9-21-23-17/h1-7,9H,8H2,(H,20,21,23). The Kier molecular flexibility index (Phi) is 4.81. The third-order valence-electron chi connectivity index (χ3n) is 3.57. The van der Waals surface area contributed by atoms with Gasteiger partial charge in [-0.05, 0) is 51.8 Å². The van der Waals surface area contributed by atoms with Gasteiger partial charge in [0.15, 0.2) is 5.16 Å². The van der Waals surface area contributed by atoms with Gasteiger partial charge >= 0.3 is 0 Å². The lowest BCUT2D eigenvalue weighted by Crippen LogP contribution is -1.85. The molecule has 0 saturated heterocycles. The van der Waals surface area contributed by atoms with E-state index in [0.717, 1.165) is 22.0 Å². The van der Waals surface area contributed by atoms with E-state index in [1.54, 1.807) is 23.9 Å². The molecule has 0 aliphatic carbocycles. The number of thioether (sulfide) groups is 1.